The van der Waals surface area contributed by atoms with Crippen LogP contribution in [0, 0.1) is 5.92 Å². The largest absolute Gasteiger partial charge is 0.496 e. The van der Waals surface area contributed by atoms with Crippen molar-refractivity contribution in [1.29, 1.82) is 0 Å². The number of likely N-dealkylation sites (N-methyl/N-ethyl adjacent to an activating group) is 1. The molecule has 0 bridgehead atoms. The van der Waals surface area contributed by atoms with Crippen LogP contribution in [0.1, 0.15) is 44.3 Å². The van der Waals surface area contributed by atoms with Crippen molar-refractivity contribution in [2.24, 2.45) is 5.92 Å². The molecule has 0 spiro atoms. The molecule has 3 unspecified atom stereocenters. The summed E-state index contributed by atoms with van der Waals surface area (Å²) in [5, 5.41) is 10.5. The molecule has 3 atom stereocenters. The molecule has 1 aliphatic rings. The van der Waals surface area contributed by atoms with E-state index in [-0.39, 0.29) is 0 Å². The summed E-state index contributed by atoms with van der Waals surface area (Å²) in [5.74, 6) is 1.49. The highest BCUT2D eigenvalue weighted by atomic mass is 16.5. The summed E-state index contributed by atoms with van der Waals surface area (Å²) in [4.78, 5) is 2.32. The van der Waals surface area contributed by atoms with Crippen LogP contribution < -0.4 is 4.74 Å². The number of hydrogen-bond donors (Lipinski definition) is 1. The molecular weight excluding hydrogens is 250 g/mol. The van der Waals surface area contributed by atoms with Crippen molar-refractivity contribution in [2.45, 2.75) is 44.8 Å². The molecule has 0 radical (unpaired) electrons. The first-order chi connectivity index (χ1) is 9.63. The third-order valence-corrected chi connectivity index (χ3v) is 4.59. The van der Waals surface area contributed by atoms with Crippen molar-refractivity contribution in [3.63, 3.8) is 0 Å². The van der Waals surface area contributed by atoms with Gasteiger partial charge in [-0.3, -0.25) is 0 Å². The van der Waals surface area contributed by atoms with Gasteiger partial charge in [-0.2, -0.15) is 0 Å². The second-order valence-electron chi connectivity index (χ2n) is 6.03. The lowest BCUT2D eigenvalue weighted by Gasteiger charge is -2.37. The predicted octanol–water partition coefficient (Wildman–Crippen LogP) is 3.24. The van der Waals surface area contributed by atoms with Gasteiger partial charge in [0.15, 0.2) is 0 Å². The fourth-order valence-electron chi connectivity index (χ4n) is 3.40. The van der Waals surface area contributed by atoms with Crippen LogP contribution in [0.25, 0.3) is 0 Å². The van der Waals surface area contributed by atoms with Gasteiger partial charge >= 0.3 is 0 Å². The summed E-state index contributed by atoms with van der Waals surface area (Å²) in [6, 6.07) is 8.32. The van der Waals surface area contributed by atoms with E-state index in [1.165, 1.54) is 25.7 Å². The average molecular weight is 277 g/mol. The Bertz CT molecular complexity index is 421. The van der Waals surface area contributed by atoms with Gasteiger partial charge in [0.25, 0.3) is 0 Å². The van der Waals surface area contributed by atoms with E-state index < -0.39 is 6.10 Å². The maximum absolute atomic E-state index is 10.5. The van der Waals surface area contributed by atoms with Crippen LogP contribution in [-0.4, -0.2) is 36.8 Å². The Labute approximate surface area is 122 Å². The van der Waals surface area contributed by atoms with E-state index in [0.29, 0.717) is 12.6 Å². The second kappa shape index (κ2) is 7.09. The smallest absolute Gasteiger partial charge is 0.124 e. The van der Waals surface area contributed by atoms with E-state index in [1.807, 2.05) is 24.3 Å². The molecule has 1 aliphatic carbocycles. The predicted molar refractivity (Wildman–Crippen MR) is 82.0 cm³/mol. The number of para-hydroxylation sites is 1. The van der Waals surface area contributed by atoms with Gasteiger partial charge < -0.3 is 14.7 Å². The summed E-state index contributed by atoms with van der Waals surface area (Å²) >= 11 is 0. The summed E-state index contributed by atoms with van der Waals surface area (Å²) in [5.41, 5.74) is 0.880. The highest BCUT2D eigenvalue weighted by Gasteiger charge is 2.26. The minimum absolute atomic E-state index is 0.495. The van der Waals surface area contributed by atoms with E-state index in [1.54, 1.807) is 7.11 Å². The van der Waals surface area contributed by atoms with Gasteiger partial charge in [0.1, 0.15) is 5.75 Å². The Morgan fingerprint density at radius 2 is 2.00 bits per heavy atom. The van der Waals surface area contributed by atoms with Crippen molar-refractivity contribution >= 4 is 0 Å². The number of rotatable bonds is 5. The SMILES string of the molecule is COc1ccccc1C(O)CN(C)C1CCCCC1C. The lowest BCUT2D eigenvalue weighted by atomic mass is 9.85. The van der Waals surface area contributed by atoms with Crippen LogP contribution in [0.2, 0.25) is 0 Å². The lowest BCUT2D eigenvalue weighted by molar-refractivity contribution is 0.0698. The topological polar surface area (TPSA) is 32.7 Å². The maximum atomic E-state index is 10.5. The summed E-state index contributed by atoms with van der Waals surface area (Å²) in [6.45, 7) is 2.99. The van der Waals surface area contributed by atoms with Crippen molar-refractivity contribution < 1.29 is 9.84 Å². The van der Waals surface area contributed by atoms with Gasteiger partial charge in [-0.05, 0) is 31.9 Å². The summed E-state index contributed by atoms with van der Waals surface area (Å²) in [6.07, 6.45) is 4.71. The lowest BCUT2D eigenvalue weighted by Crippen LogP contribution is -2.41. The van der Waals surface area contributed by atoms with E-state index in [2.05, 4.69) is 18.9 Å². The zero-order valence-electron chi connectivity index (χ0n) is 12.9. The van der Waals surface area contributed by atoms with Crippen molar-refractivity contribution in [1.82, 2.24) is 4.90 Å². The van der Waals surface area contributed by atoms with Crippen LogP contribution in [-0.2, 0) is 0 Å². The summed E-state index contributed by atoms with van der Waals surface area (Å²) in [7, 11) is 3.78. The Hall–Kier alpha value is -1.06. The first kappa shape index (κ1) is 15.3. The Balaban J connectivity index is 2.01. The molecule has 1 fully saturated rings. The number of nitrogens with zero attached hydrogens (tertiary/aromatic N) is 1. The van der Waals surface area contributed by atoms with E-state index in [4.69, 9.17) is 4.74 Å². The van der Waals surface area contributed by atoms with Gasteiger partial charge in [-0.15, -0.1) is 0 Å². The third kappa shape index (κ3) is 3.53. The van der Waals surface area contributed by atoms with E-state index in [0.717, 1.165) is 17.2 Å². The number of hydrogen-bond acceptors (Lipinski definition) is 3. The van der Waals surface area contributed by atoms with Crippen LogP contribution in [0.5, 0.6) is 5.75 Å². The molecule has 0 saturated heterocycles. The zero-order valence-corrected chi connectivity index (χ0v) is 12.9. The van der Waals surface area contributed by atoms with E-state index >= 15 is 0 Å². The molecule has 2 rings (SSSR count). The molecule has 1 aromatic carbocycles. The summed E-state index contributed by atoms with van der Waals surface area (Å²) < 4.78 is 5.34. The third-order valence-electron chi connectivity index (χ3n) is 4.59. The maximum Gasteiger partial charge on any atom is 0.124 e. The van der Waals surface area contributed by atoms with Crippen molar-refractivity contribution in [3.05, 3.63) is 29.8 Å². The van der Waals surface area contributed by atoms with Crippen LogP contribution >= 0.6 is 0 Å². The van der Waals surface area contributed by atoms with Gasteiger partial charge in [-0.1, -0.05) is 38.0 Å². The molecule has 1 aromatic rings. The molecule has 3 heteroatoms. The van der Waals surface area contributed by atoms with Crippen molar-refractivity contribution in [2.75, 3.05) is 20.7 Å². The molecular formula is C17H27NO2. The minimum Gasteiger partial charge on any atom is -0.496 e. The number of benzene rings is 1. The quantitative estimate of drug-likeness (QED) is 0.897. The Morgan fingerprint density at radius 3 is 2.70 bits per heavy atom. The van der Waals surface area contributed by atoms with Crippen molar-refractivity contribution in [3.8, 4) is 5.75 Å². The Kier molecular flexibility index (Phi) is 5.44. The average Bonchev–Trinajstić information content (AvgIpc) is 2.47. The fraction of sp³-hybridized carbons (Fsp3) is 0.647. The highest BCUT2D eigenvalue weighted by Crippen LogP contribution is 2.30. The van der Waals surface area contributed by atoms with Crippen LogP contribution in [0.4, 0.5) is 0 Å². The normalized spacial score (nSPS) is 24.6. The zero-order chi connectivity index (χ0) is 14.5. The number of aliphatic hydroxyl groups is 1. The molecule has 0 aromatic heterocycles. The molecule has 0 heterocycles. The second-order valence-corrected chi connectivity index (χ2v) is 6.03. The molecule has 0 amide bonds. The first-order valence-electron chi connectivity index (χ1n) is 7.64. The molecule has 3 nitrogen and oxygen atoms in total. The van der Waals surface area contributed by atoms with Gasteiger partial charge in [0.05, 0.1) is 13.2 Å². The fourth-order valence-corrected chi connectivity index (χ4v) is 3.40. The number of aliphatic hydroxyl groups excluding tert-OH is 1. The van der Waals surface area contributed by atoms with Gasteiger partial charge in [0.2, 0.25) is 0 Å². The molecule has 0 aliphatic heterocycles. The number of methoxy groups -OCH3 is 1. The minimum atomic E-state index is -0.495. The standard InChI is InChI=1S/C17H27NO2/c1-13-8-4-6-10-15(13)18(2)12-16(19)14-9-5-7-11-17(14)20-3/h5,7,9,11,13,15-16,19H,4,6,8,10,12H2,1-3H3. The monoisotopic (exact) mass is 277 g/mol. The molecule has 20 heavy (non-hydrogen) atoms. The van der Waals surface area contributed by atoms with Gasteiger partial charge in [0, 0.05) is 18.2 Å². The van der Waals surface area contributed by atoms with Crippen LogP contribution in [0.15, 0.2) is 24.3 Å². The number of ether oxygens (including phenoxy) is 1. The molecule has 112 valence electrons. The van der Waals surface area contributed by atoms with E-state index in [9.17, 15) is 5.11 Å². The van der Waals surface area contributed by atoms with Gasteiger partial charge in [-0.25, -0.2) is 0 Å². The molecule has 1 N–H and O–H groups in total. The molecule has 1 saturated carbocycles. The first-order valence-corrected chi connectivity index (χ1v) is 7.64. The highest BCUT2D eigenvalue weighted by molar-refractivity contribution is 5.35. The Morgan fingerprint density at radius 1 is 1.30 bits per heavy atom. The van der Waals surface area contributed by atoms with Crippen LogP contribution in [0.3, 0.4) is 0 Å².